The van der Waals surface area contributed by atoms with Gasteiger partial charge in [-0.3, -0.25) is 0 Å². The van der Waals surface area contributed by atoms with Crippen molar-refractivity contribution in [2.45, 2.75) is 37.8 Å². The number of benzene rings is 1. The molecular formula is C15H22FNO2. The lowest BCUT2D eigenvalue weighted by Gasteiger charge is -2.32. The van der Waals surface area contributed by atoms with Crippen molar-refractivity contribution in [3.05, 3.63) is 29.6 Å². The van der Waals surface area contributed by atoms with Gasteiger partial charge in [-0.25, -0.2) is 4.39 Å². The van der Waals surface area contributed by atoms with E-state index in [0.29, 0.717) is 5.92 Å². The van der Waals surface area contributed by atoms with Gasteiger partial charge in [0.05, 0.1) is 13.2 Å². The Morgan fingerprint density at radius 3 is 2.53 bits per heavy atom. The minimum atomic E-state index is -0.323. The van der Waals surface area contributed by atoms with Crippen LogP contribution in [0.4, 0.5) is 4.39 Å². The van der Waals surface area contributed by atoms with E-state index in [0.717, 1.165) is 31.2 Å². The van der Waals surface area contributed by atoms with Crippen molar-refractivity contribution in [3.8, 4) is 5.75 Å². The van der Waals surface area contributed by atoms with Gasteiger partial charge >= 0.3 is 0 Å². The predicted octanol–water partition coefficient (Wildman–Crippen LogP) is 2.65. The number of hydrogen-bond donors (Lipinski definition) is 2. The van der Waals surface area contributed by atoms with Gasteiger partial charge in [0, 0.05) is 6.04 Å². The summed E-state index contributed by atoms with van der Waals surface area (Å²) in [7, 11) is 3.37. The van der Waals surface area contributed by atoms with Gasteiger partial charge in [-0.05, 0) is 56.3 Å². The number of halogens is 1. The Hall–Kier alpha value is -1.13. The number of hydrogen-bond acceptors (Lipinski definition) is 3. The Labute approximate surface area is 113 Å². The molecule has 1 aliphatic rings. The van der Waals surface area contributed by atoms with Crippen LogP contribution in [0.5, 0.6) is 5.75 Å². The van der Waals surface area contributed by atoms with Gasteiger partial charge in [-0.1, -0.05) is 6.07 Å². The first-order valence-corrected chi connectivity index (χ1v) is 6.84. The first-order chi connectivity index (χ1) is 9.15. The van der Waals surface area contributed by atoms with E-state index in [-0.39, 0.29) is 23.7 Å². The second kappa shape index (κ2) is 6.35. The first-order valence-electron chi connectivity index (χ1n) is 6.84. The largest absolute Gasteiger partial charge is 0.494 e. The number of methoxy groups -OCH3 is 1. The van der Waals surface area contributed by atoms with Crippen molar-refractivity contribution in [1.82, 2.24) is 5.32 Å². The van der Waals surface area contributed by atoms with Gasteiger partial charge in [0.25, 0.3) is 0 Å². The van der Waals surface area contributed by atoms with Crippen LogP contribution in [0.15, 0.2) is 18.2 Å². The second-order valence-corrected chi connectivity index (χ2v) is 5.23. The fraction of sp³-hybridized carbons (Fsp3) is 0.600. The van der Waals surface area contributed by atoms with Crippen molar-refractivity contribution in [1.29, 1.82) is 0 Å². The van der Waals surface area contributed by atoms with Crippen LogP contribution in [0.1, 0.15) is 37.3 Å². The lowest BCUT2D eigenvalue weighted by Crippen LogP contribution is -2.30. The quantitative estimate of drug-likeness (QED) is 0.881. The Morgan fingerprint density at radius 2 is 2.00 bits per heavy atom. The number of rotatable bonds is 4. The molecule has 2 N–H and O–H groups in total. The van der Waals surface area contributed by atoms with Crippen molar-refractivity contribution in [2.24, 2.45) is 5.92 Å². The van der Waals surface area contributed by atoms with Gasteiger partial charge in [0.15, 0.2) is 11.6 Å². The summed E-state index contributed by atoms with van der Waals surface area (Å²) < 4.78 is 18.7. The van der Waals surface area contributed by atoms with E-state index in [1.54, 1.807) is 12.1 Å². The molecule has 0 amide bonds. The van der Waals surface area contributed by atoms with Crippen molar-refractivity contribution in [2.75, 3.05) is 14.2 Å². The minimum absolute atomic E-state index is 0.132. The molecule has 0 spiro atoms. The zero-order valence-electron chi connectivity index (χ0n) is 11.5. The molecule has 3 nitrogen and oxygen atoms in total. The minimum Gasteiger partial charge on any atom is -0.494 e. The molecule has 1 atom stereocenters. The van der Waals surface area contributed by atoms with Crippen LogP contribution >= 0.6 is 0 Å². The van der Waals surface area contributed by atoms with Gasteiger partial charge in [0.1, 0.15) is 0 Å². The molecule has 19 heavy (non-hydrogen) atoms. The normalized spacial score (nSPS) is 25.1. The fourth-order valence-corrected chi connectivity index (χ4v) is 2.99. The molecule has 1 fully saturated rings. The zero-order valence-corrected chi connectivity index (χ0v) is 11.5. The molecule has 0 aliphatic heterocycles. The first kappa shape index (κ1) is 14.3. The Morgan fingerprint density at radius 1 is 1.32 bits per heavy atom. The molecule has 0 bridgehead atoms. The highest BCUT2D eigenvalue weighted by molar-refractivity contribution is 5.31. The molecule has 0 radical (unpaired) electrons. The van der Waals surface area contributed by atoms with Gasteiger partial charge in [-0.2, -0.15) is 0 Å². The van der Waals surface area contributed by atoms with E-state index in [4.69, 9.17) is 4.74 Å². The maximum absolute atomic E-state index is 13.8. The highest BCUT2D eigenvalue weighted by Crippen LogP contribution is 2.35. The summed E-state index contributed by atoms with van der Waals surface area (Å²) in [6.45, 7) is 0. The maximum Gasteiger partial charge on any atom is 0.165 e. The van der Waals surface area contributed by atoms with Crippen LogP contribution in [0, 0.1) is 11.7 Å². The molecule has 106 valence electrons. The van der Waals surface area contributed by atoms with Crippen LogP contribution in [0.25, 0.3) is 0 Å². The average Bonchev–Trinajstić information content (AvgIpc) is 2.42. The van der Waals surface area contributed by atoms with Crippen LogP contribution in [0.2, 0.25) is 0 Å². The Balaban J connectivity index is 2.15. The third kappa shape index (κ3) is 3.25. The molecule has 0 saturated heterocycles. The average molecular weight is 267 g/mol. The number of nitrogens with one attached hydrogen (secondary N) is 1. The summed E-state index contributed by atoms with van der Waals surface area (Å²) in [5, 5.41) is 12.8. The summed E-state index contributed by atoms with van der Waals surface area (Å²) in [6.07, 6.45) is 3.45. The van der Waals surface area contributed by atoms with Crippen LogP contribution in [0.3, 0.4) is 0 Å². The Kier molecular flexibility index (Phi) is 4.77. The van der Waals surface area contributed by atoms with Gasteiger partial charge < -0.3 is 15.2 Å². The van der Waals surface area contributed by atoms with E-state index < -0.39 is 0 Å². The lowest BCUT2D eigenvalue weighted by atomic mass is 9.80. The molecule has 1 aromatic carbocycles. The van der Waals surface area contributed by atoms with E-state index in [2.05, 4.69) is 5.32 Å². The van der Waals surface area contributed by atoms with Crippen LogP contribution < -0.4 is 10.1 Å². The van der Waals surface area contributed by atoms with Crippen molar-refractivity contribution >= 4 is 0 Å². The number of aliphatic hydroxyl groups excluding tert-OH is 1. The van der Waals surface area contributed by atoms with Crippen LogP contribution in [-0.2, 0) is 0 Å². The van der Waals surface area contributed by atoms with Gasteiger partial charge in [0.2, 0.25) is 0 Å². The van der Waals surface area contributed by atoms with E-state index >= 15 is 0 Å². The van der Waals surface area contributed by atoms with Gasteiger partial charge in [-0.15, -0.1) is 0 Å². The molecule has 0 heterocycles. The SMILES string of the molecule is CNC(c1ccc(OC)c(F)c1)C1CCC(O)CC1. The molecular weight excluding hydrogens is 245 g/mol. The topological polar surface area (TPSA) is 41.5 Å². The van der Waals surface area contributed by atoms with E-state index in [9.17, 15) is 9.50 Å². The summed E-state index contributed by atoms with van der Waals surface area (Å²) in [5.74, 6) is 0.398. The van der Waals surface area contributed by atoms with Crippen molar-refractivity contribution in [3.63, 3.8) is 0 Å². The smallest absolute Gasteiger partial charge is 0.165 e. The van der Waals surface area contributed by atoms with Crippen molar-refractivity contribution < 1.29 is 14.2 Å². The summed E-state index contributed by atoms with van der Waals surface area (Å²) in [6, 6.07) is 5.26. The molecule has 4 heteroatoms. The summed E-state index contributed by atoms with van der Waals surface area (Å²) in [4.78, 5) is 0. The van der Waals surface area contributed by atoms with Crippen LogP contribution in [-0.4, -0.2) is 25.4 Å². The third-order valence-electron chi connectivity index (χ3n) is 4.06. The number of aliphatic hydroxyl groups is 1. The second-order valence-electron chi connectivity index (χ2n) is 5.23. The summed E-state index contributed by atoms with van der Waals surface area (Å²) >= 11 is 0. The molecule has 2 rings (SSSR count). The standard InChI is InChI=1S/C15H22FNO2/c1-17-15(10-3-6-12(18)7-4-10)11-5-8-14(19-2)13(16)9-11/h5,8-10,12,15,17-18H,3-4,6-7H2,1-2H3. The molecule has 1 aliphatic carbocycles. The lowest BCUT2D eigenvalue weighted by molar-refractivity contribution is 0.0981. The molecule has 0 aromatic heterocycles. The maximum atomic E-state index is 13.8. The van der Waals surface area contributed by atoms with E-state index in [1.807, 2.05) is 13.1 Å². The molecule has 1 unspecified atom stereocenters. The monoisotopic (exact) mass is 267 g/mol. The fourth-order valence-electron chi connectivity index (χ4n) is 2.99. The molecule has 1 aromatic rings. The highest BCUT2D eigenvalue weighted by atomic mass is 19.1. The third-order valence-corrected chi connectivity index (χ3v) is 4.06. The number of ether oxygens (including phenoxy) is 1. The zero-order chi connectivity index (χ0) is 13.8. The summed E-state index contributed by atoms with van der Waals surface area (Å²) in [5.41, 5.74) is 0.946. The molecule has 1 saturated carbocycles. The predicted molar refractivity (Wildman–Crippen MR) is 72.7 cm³/mol. The Bertz CT molecular complexity index is 417. The van der Waals surface area contributed by atoms with E-state index in [1.165, 1.54) is 7.11 Å². The highest BCUT2D eigenvalue weighted by Gasteiger charge is 2.27.